The molecule has 0 aliphatic rings. The van der Waals surface area contributed by atoms with Crippen molar-refractivity contribution in [1.82, 2.24) is 10.2 Å². The Morgan fingerprint density at radius 2 is 1.47 bits per heavy atom. The molecule has 4 aromatic rings. The smallest absolute Gasteiger partial charge is 0.264 e. The third-order valence-electron chi connectivity index (χ3n) is 7.78. The zero-order valence-corrected chi connectivity index (χ0v) is 29.3. The molecule has 11 heteroatoms. The molecule has 248 valence electrons. The van der Waals surface area contributed by atoms with Gasteiger partial charge in [-0.05, 0) is 60.9 Å². The highest BCUT2D eigenvalue weighted by Gasteiger charge is 2.35. The van der Waals surface area contributed by atoms with Crippen molar-refractivity contribution in [1.29, 1.82) is 0 Å². The SMILES string of the molecule is CC[C@H](C)NC(=O)[C@@H](Cc1ccccc1)N(Cc1cccc(Br)c1)C(=O)CN(c1ccc(OC)c(OC)c1)S(=O)(=O)c1ccccc1. The molecule has 0 saturated heterocycles. The number of halogens is 1. The number of sulfonamides is 1. The number of benzene rings is 4. The van der Waals surface area contributed by atoms with Gasteiger partial charge in [-0.15, -0.1) is 0 Å². The van der Waals surface area contributed by atoms with Crippen molar-refractivity contribution in [3.05, 3.63) is 119 Å². The zero-order valence-electron chi connectivity index (χ0n) is 26.9. The number of amides is 2. The average molecular weight is 723 g/mol. The molecule has 2 amide bonds. The van der Waals surface area contributed by atoms with Gasteiger partial charge in [0.25, 0.3) is 10.0 Å². The Morgan fingerprint density at radius 1 is 0.830 bits per heavy atom. The highest BCUT2D eigenvalue weighted by atomic mass is 79.9. The van der Waals surface area contributed by atoms with Crippen LogP contribution in [0.5, 0.6) is 11.5 Å². The predicted octanol–water partition coefficient (Wildman–Crippen LogP) is 6.22. The molecule has 2 atom stereocenters. The van der Waals surface area contributed by atoms with Crippen LogP contribution in [0.4, 0.5) is 5.69 Å². The van der Waals surface area contributed by atoms with Crippen LogP contribution >= 0.6 is 15.9 Å². The second-order valence-corrected chi connectivity index (χ2v) is 13.8. The van der Waals surface area contributed by atoms with Crippen LogP contribution < -0.4 is 19.1 Å². The molecule has 0 unspecified atom stereocenters. The first-order valence-electron chi connectivity index (χ1n) is 15.2. The summed E-state index contributed by atoms with van der Waals surface area (Å²) in [6, 6.07) is 28.4. The van der Waals surface area contributed by atoms with E-state index in [1.54, 1.807) is 30.3 Å². The number of methoxy groups -OCH3 is 2. The summed E-state index contributed by atoms with van der Waals surface area (Å²) in [4.78, 5) is 30.1. The van der Waals surface area contributed by atoms with Gasteiger partial charge in [0, 0.05) is 29.5 Å². The third kappa shape index (κ3) is 9.14. The van der Waals surface area contributed by atoms with Crippen molar-refractivity contribution < 1.29 is 27.5 Å². The Balaban J connectivity index is 1.84. The maximum Gasteiger partial charge on any atom is 0.264 e. The molecule has 4 rings (SSSR count). The molecule has 0 saturated carbocycles. The minimum atomic E-state index is -4.25. The Hall–Kier alpha value is -4.35. The summed E-state index contributed by atoms with van der Waals surface area (Å²) < 4.78 is 41.2. The second-order valence-electron chi connectivity index (χ2n) is 11.0. The number of hydrogen-bond donors (Lipinski definition) is 1. The highest BCUT2D eigenvalue weighted by molar-refractivity contribution is 9.10. The number of carbonyl (C=O) groups is 2. The lowest BCUT2D eigenvalue weighted by Crippen LogP contribution is -2.54. The molecule has 0 heterocycles. The largest absolute Gasteiger partial charge is 0.493 e. The van der Waals surface area contributed by atoms with Gasteiger partial charge in [0.1, 0.15) is 12.6 Å². The fraction of sp³-hybridized carbons (Fsp3) is 0.278. The number of ether oxygens (including phenoxy) is 2. The van der Waals surface area contributed by atoms with Crippen molar-refractivity contribution in [2.24, 2.45) is 0 Å². The van der Waals surface area contributed by atoms with E-state index in [0.717, 1.165) is 19.9 Å². The maximum atomic E-state index is 14.6. The standard InChI is InChI=1S/C36H40BrN3O6S/c1-5-26(2)38-36(42)32(22-27-13-8-6-9-14-27)39(24-28-15-12-16-29(37)21-28)35(41)25-40(47(43,44)31-17-10-7-11-18-31)30-19-20-33(45-3)34(23-30)46-4/h6-21,23,26,32H,5,22,24-25H2,1-4H3,(H,38,42)/t26-,32+/m0/s1. The summed E-state index contributed by atoms with van der Waals surface area (Å²) in [5.41, 5.74) is 1.83. The van der Waals surface area contributed by atoms with Crippen LogP contribution in [-0.4, -0.2) is 58.0 Å². The highest BCUT2D eigenvalue weighted by Crippen LogP contribution is 2.34. The van der Waals surface area contributed by atoms with Gasteiger partial charge in [-0.2, -0.15) is 0 Å². The molecule has 1 N–H and O–H groups in total. The minimum Gasteiger partial charge on any atom is -0.493 e. The summed E-state index contributed by atoms with van der Waals surface area (Å²) in [6.07, 6.45) is 0.927. The normalized spacial score (nSPS) is 12.4. The molecule has 9 nitrogen and oxygen atoms in total. The van der Waals surface area contributed by atoms with Gasteiger partial charge in [0.2, 0.25) is 11.8 Å². The van der Waals surface area contributed by atoms with Crippen molar-refractivity contribution in [2.75, 3.05) is 25.1 Å². The van der Waals surface area contributed by atoms with Crippen LogP contribution in [0.3, 0.4) is 0 Å². The van der Waals surface area contributed by atoms with Gasteiger partial charge in [-0.1, -0.05) is 83.5 Å². The Bertz CT molecular complexity index is 1760. The van der Waals surface area contributed by atoms with E-state index in [0.29, 0.717) is 17.9 Å². The summed E-state index contributed by atoms with van der Waals surface area (Å²) in [7, 11) is -1.32. The van der Waals surface area contributed by atoms with Gasteiger partial charge in [-0.25, -0.2) is 8.42 Å². The van der Waals surface area contributed by atoms with Gasteiger partial charge in [0.05, 0.1) is 24.8 Å². The average Bonchev–Trinajstić information content (AvgIpc) is 3.08. The molecule has 0 radical (unpaired) electrons. The van der Waals surface area contributed by atoms with Crippen LogP contribution in [0.1, 0.15) is 31.4 Å². The van der Waals surface area contributed by atoms with E-state index in [1.807, 2.05) is 68.4 Å². The van der Waals surface area contributed by atoms with Crippen molar-refractivity contribution in [3.63, 3.8) is 0 Å². The minimum absolute atomic E-state index is 0.0106. The van der Waals surface area contributed by atoms with Gasteiger partial charge in [0.15, 0.2) is 11.5 Å². The Labute approximate surface area is 285 Å². The topological polar surface area (TPSA) is 105 Å². The molecule has 0 aliphatic carbocycles. The Morgan fingerprint density at radius 3 is 2.09 bits per heavy atom. The third-order valence-corrected chi connectivity index (χ3v) is 10.1. The van der Waals surface area contributed by atoms with Crippen molar-refractivity contribution >= 4 is 43.5 Å². The Kier molecular flexibility index (Phi) is 12.4. The molecular weight excluding hydrogens is 682 g/mol. The van der Waals surface area contributed by atoms with E-state index in [9.17, 15) is 18.0 Å². The number of nitrogens with one attached hydrogen (secondary N) is 1. The van der Waals surface area contributed by atoms with Crippen molar-refractivity contribution in [2.45, 2.75) is 50.2 Å². The van der Waals surface area contributed by atoms with Gasteiger partial charge >= 0.3 is 0 Å². The van der Waals surface area contributed by atoms with Crippen LogP contribution in [0.15, 0.2) is 112 Å². The molecule has 0 bridgehead atoms. The lowest BCUT2D eigenvalue weighted by Gasteiger charge is -2.34. The van der Waals surface area contributed by atoms with Crippen LogP contribution in [0.25, 0.3) is 0 Å². The molecule has 0 aromatic heterocycles. The molecule has 0 spiro atoms. The number of anilines is 1. The van der Waals surface area contributed by atoms with E-state index in [2.05, 4.69) is 21.2 Å². The summed E-state index contributed by atoms with van der Waals surface area (Å²) >= 11 is 3.51. The van der Waals surface area contributed by atoms with E-state index < -0.39 is 28.5 Å². The second kappa shape index (κ2) is 16.5. The summed E-state index contributed by atoms with van der Waals surface area (Å²) in [6.45, 7) is 3.36. The summed E-state index contributed by atoms with van der Waals surface area (Å²) in [5, 5.41) is 3.05. The van der Waals surface area contributed by atoms with Crippen molar-refractivity contribution in [3.8, 4) is 11.5 Å². The van der Waals surface area contributed by atoms with Crippen LogP contribution in [0.2, 0.25) is 0 Å². The van der Waals surface area contributed by atoms with Gasteiger partial charge < -0.3 is 19.7 Å². The molecular formula is C36H40BrN3O6S. The van der Waals surface area contributed by atoms with E-state index in [1.165, 1.54) is 37.3 Å². The fourth-order valence-corrected chi connectivity index (χ4v) is 6.93. The number of rotatable bonds is 15. The number of hydrogen-bond acceptors (Lipinski definition) is 6. The molecule has 0 fully saturated rings. The van der Waals surface area contributed by atoms with Crippen LogP contribution in [-0.2, 0) is 32.6 Å². The first kappa shape index (κ1) is 35.5. The lowest BCUT2D eigenvalue weighted by atomic mass is 10.0. The molecule has 47 heavy (non-hydrogen) atoms. The van der Waals surface area contributed by atoms with E-state index in [-0.39, 0.29) is 35.5 Å². The first-order chi connectivity index (χ1) is 22.6. The monoisotopic (exact) mass is 721 g/mol. The fourth-order valence-electron chi connectivity index (χ4n) is 5.06. The van der Waals surface area contributed by atoms with E-state index >= 15 is 0 Å². The van der Waals surface area contributed by atoms with E-state index in [4.69, 9.17) is 9.47 Å². The molecule has 4 aromatic carbocycles. The predicted molar refractivity (Wildman–Crippen MR) is 187 cm³/mol. The van der Waals surface area contributed by atoms with Crippen LogP contribution in [0, 0.1) is 0 Å². The van der Waals surface area contributed by atoms with Gasteiger partial charge in [-0.3, -0.25) is 13.9 Å². The summed E-state index contributed by atoms with van der Waals surface area (Å²) in [5.74, 6) is -0.179. The molecule has 0 aliphatic heterocycles. The number of nitrogens with zero attached hydrogens (tertiary/aromatic N) is 2. The first-order valence-corrected chi connectivity index (χ1v) is 17.5. The lowest BCUT2D eigenvalue weighted by molar-refractivity contribution is -0.140. The number of carbonyl (C=O) groups excluding carboxylic acids is 2. The zero-order chi connectivity index (χ0) is 34.0. The quantitative estimate of drug-likeness (QED) is 0.156. The maximum absolute atomic E-state index is 14.6.